The highest BCUT2D eigenvalue weighted by Crippen LogP contribution is 2.48. The van der Waals surface area contributed by atoms with E-state index in [1.165, 1.54) is 37.1 Å². The second-order valence-corrected chi connectivity index (χ2v) is 10.4. The summed E-state index contributed by atoms with van der Waals surface area (Å²) in [5.74, 6) is 1.99. The second kappa shape index (κ2) is 8.82. The van der Waals surface area contributed by atoms with Crippen LogP contribution in [0, 0.1) is 5.92 Å². The molecular weight excluding hydrogens is 428 g/mol. The van der Waals surface area contributed by atoms with Crippen LogP contribution in [0.3, 0.4) is 0 Å². The number of hydrogen-bond acceptors (Lipinski definition) is 7. The Kier molecular flexibility index (Phi) is 5.65. The summed E-state index contributed by atoms with van der Waals surface area (Å²) in [5.41, 5.74) is 5.46. The normalized spacial score (nSPS) is 26.9. The SMILES string of the molecule is COc1cc(C2Nc3ccc(C4CCC(NC5COC5)CC4)nc3C2C(C)C)cn2ncnc12. The largest absolute Gasteiger partial charge is 0.493 e. The van der Waals surface area contributed by atoms with Gasteiger partial charge in [0.15, 0.2) is 11.4 Å². The van der Waals surface area contributed by atoms with Crippen LogP contribution in [-0.4, -0.2) is 52.0 Å². The van der Waals surface area contributed by atoms with Gasteiger partial charge in [0.05, 0.1) is 43.8 Å². The average Bonchev–Trinajstić information content (AvgIpc) is 3.45. The fraction of sp³-hybridized carbons (Fsp3) is 0.577. The first kappa shape index (κ1) is 21.8. The van der Waals surface area contributed by atoms with E-state index in [1.807, 2.05) is 0 Å². The van der Waals surface area contributed by atoms with Gasteiger partial charge in [-0.15, -0.1) is 0 Å². The van der Waals surface area contributed by atoms with Gasteiger partial charge >= 0.3 is 0 Å². The summed E-state index contributed by atoms with van der Waals surface area (Å²) in [6.07, 6.45) is 8.45. The van der Waals surface area contributed by atoms with Gasteiger partial charge in [-0.05, 0) is 55.4 Å². The van der Waals surface area contributed by atoms with Crippen molar-refractivity contribution < 1.29 is 9.47 Å². The van der Waals surface area contributed by atoms with Crippen LogP contribution in [0.4, 0.5) is 5.69 Å². The highest BCUT2D eigenvalue weighted by Gasteiger charge is 2.38. The maximum Gasteiger partial charge on any atom is 0.197 e. The number of fused-ring (bicyclic) bond motifs is 2. The number of methoxy groups -OCH3 is 1. The third-order valence-electron chi connectivity index (χ3n) is 7.85. The fourth-order valence-corrected chi connectivity index (χ4v) is 5.96. The molecule has 8 nitrogen and oxygen atoms in total. The van der Waals surface area contributed by atoms with Gasteiger partial charge in [0.2, 0.25) is 0 Å². The molecule has 3 aromatic heterocycles. The lowest BCUT2D eigenvalue weighted by atomic mass is 9.82. The lowest BCUT2D eigenvalue weighted by molar-refractivity contribution is -0.0121. The molecule has 0 aromatic carbocycles. The van der Waals surface area contributed by atoms with Crippen molar-refractivity contribution in [1.29, 1.82) is 0 Å². The minimum Gasteiger partial charge on any atom is -0.493 e. The average molecular weight is 463 g/mol. The molecule has 0 bridgehead atoms. The standard InChI is InChI=1S/C26H34N6O2/c1-15(2)23-24(17-10-22(33-3)26-27-14-28-32(26)11-17)31-21-9-8-20(30-25(21)23)16-4-6-18(7-5-16)29-19-12-34-13-19/h8-11,14-16,18-19,23-24,29,31H,4-7,12-13H2,1-3H3. The molecule has 5 heterocycles. The van der Waals surface area contributed by atoms with E-state index in [9.17, 15) is 0 Å². The fourth-order valence-electron chi connectivity index (χ4n) is 5.96. The Bertz CT molecular complexity index is 1170. The van der Waals surface area contributed by atoms with E-state index in [1.54, 1.807) is 18.0 Å². The molecule has 34 heavy (non-hydrogen) atoms. The zero-order valence-electron chi connectivity index (χ0n) is 20.2. The molecule has 180 valence electrons. The number of nitrogens with zero attached hydrogens (tertiary/aromatic N) is 4. The summed E-state index contributed by atoms with van der Waals surface area (Å²) in [5, 5.41) is 11.9. The van der Waals surface area contributed by atoms with Crippen LogP contribution in [0.2, 0.25) is 0 Å². The Hall–Kier alpha value is -2.71. The highest BCUT2D eigenvalue weighted by atomic mass is 16.5. The quantitative estimate of drug-likeness (QED) is 0.571. The molecule has 2 fully saturated rings. The Morgan fingerprint density at radius 1 is 1.15 bits per heavy atom. The van der Waals surface area contributed by atoms with Crippen molar-refractivity contribution in [2.24, 2.45) is 5.92 Å². The van der Waals surface area contributed by atoms with Gasteiger partial charge in [-0.3, -0.25) is 4.98 Å². The first-order chi connectivity index (χ1) is 16.6. The molecule has 0 spiro atoms. The number of ether oxygens (including phenoxy) is 2. The first-order valence-electron chi connectivity index (χ1n) is 12.6. The molecule has 0 radical (unpaired) electrons. The number of anilines is 1. The van der Waals surface area contributed by atoms with Gasteiger partial charge in [0.1, 0.15) is 6.33 Å². The van der Waals surface area contributed by atoms with E-state index < -0.39 is 0 Å². The van der Waals surface area contributed by atoms with Crippen molar-refractivity contribution in [3.63, 3.8) is 0 Å². The first-order valence-corrected chi connectivity index (χ1v) is 12.6. The van der Waals surface area contributed by atoms with Crippen LogP contribution in [0.5, 0.6) is 5.75 Å². The predicted molar refractivity (Wildman–Crippen MR) is 130 cm³/mol. The van der Waals surface area contributed by atoms with Crippen LogP contribution < -0.4 is 15.4 Å². The Morgan fingerprint density at radius 3 is 2.68 bits per heavy atom. The lowest BCUT2D eigenvalue weighted by Crippen LogP contribution is -2.51. The van der Waals surface area contributed by atoms with E-state index in [-0.39, 0.29) is 12.0 Å². The molecule has 0 amide bonds. The number of pyridine rings is 2. The highest BCUT2D eigenvalue weighted by molar-refractivity contribution is 5.61. The third-order valence-corrected chi connectivity index (χ3v) is 7.85. The van der Waals surface area contributed by atoms with Crippen molar-refractivity contribution >= 4 is 11.3 Å². The number of aromatic nitrogens is 4. The predicted octanol–water partition coefficient (Wildman–Crippen LogP) is 4.05. The van der Waals surface area contributed by atoms with E-state index >= 15 is 0 Å². The molecule has 2 N–H and O–H groups in total. The summed E-state index contributed by atoms with van der Waals surface area (Å²) >= 11 is 0. The van der Waals surface area contributed by atoms with Crippen LogP contribution in [-0.2, 0) is 4.74 Å². The monoisotopic (exact) mass is 462 g/mol. The van der Waals surface area contributed by atoms with E-state index in [4.69, 9.17) is 14.5 Å². The molecular formula is C26H34N6O2. The van der Waals surface area contributed by atoms with Gasteiger partial charge in [-0.2, -0.15) is 5.10 Å². The van der Waals surface area contributed by atoms with Gasteiger partial charge in [0, 0.05) is 29.8 Å². The van der Waals surface area contributed by atoms with E-state index in [2.05, 4.69) is 59.0 Å². The smallest absolute Gasteiger partial charge is 0.197 e. The van der Waals surface area contributed by atoms with Crippen LogP contribution in [0.25, 0.3) is 5.65 Å². The van der Waals surface area contributed by atoms with Gasteiger partial charge in [0.25, 0.3) is 0 Å². The minimum absolute atomic E-state index is 0.116. The molecule has 1 saturated heterocycles. The van der Waals surface area contributed by atoms with Gasteiger partial charge in [-0.1, -0.05) is 13.8 Å². The molecule has 2 atom stereocenters. The van der Waals surface area contributed by atoms with Crippen LogP contribution in [0.1, 0.15) is 74.4 Å². The maximum atomic E-state index is 5.62. The van der Waals surface area contributed by atoms with Crippen molar-refractivity contribution in [1.82, 2.24) is 24.9 Å². The lowest BCUT2D eigenvalue weighted by Gasteiger charge is -2.35. The maximum absolute atomic E-state index is 5.62. The molecule has 3 aliphatic rings. The molecule has 6 rings (SSSR count). The molecule has 3 aromatic rings. The topological polar surface area (TPSA) is 85.6 Å². The zero-order valence-corrected chi connectivity index (χ0v) is 20.2. The molecule has 1 saturated carbocycles. The van der Waals surface area contributed by atoms with Gasteiger partial charge in [-0.25, -0.2) is 9.50 Å². The van der Waals surface area contributed by atoms with Crippen LogP contribution in [0.15, 0.2) is 30.7 Å². The molecule has 2 aliphatic heterocycles. The van der Waals surface area contributed by atoms with Crippen molar-refractivity contribution in [3.8, 4) is 5.75 Å². The number of hydrogen-bond donors (Lipinski definition) is 2. The van der Waals surface area contributed by atoms with Crippen molar-refractivity contribution in [3.05, 3.63) is 47.7 Å². The van der Waals surface area contributed by atoms with E-state index in [0.29, 0.717) is 23.9 Å². The Labute approximate surface area is 200 Å². The molecule has 8 heteroatoms. The second-order valence-electron chi connectivity index (χ2n) is 10.4. The van der Waals surface area contributed by atoms with E-state index in [0.717, 1.165) is 35.9 Å². The summed E-state index contributed by atoms with van der Waals surface area (Å²) in [6, 6.07) is 7.87. The summed E-state index contributed by atoms with van der Waals surface area (Å²) in [6.45, 7) is 6.31. The van der Waals surface area contributed by atoms with Crippen molar-refractivity contribution in [2.75, 3.05) is 25.6 Å². The summed E-state index contributed by atoms with van der Waals surface area (Å²) in [4.78, 5) is 9.62. The van der Waals surface area contributed by atoms with Gasteiger partial charge < -0.3 is 20.1 Å². The van der Waals surface area contributed by atoms with Crippen LogP contribution >= 0.6 is 0 Å². The summed E-state index contributed by atoms with van der Waals surface area (Å²) in [7, 11) is 1.68. The zero-order chi connectivity index (χ0) is 23.2. The van der Waals surface area contributed by atoms with Crippen molar-refractivity contribution in [2.45, 2.75) is 69.5 Å². The summed E-state index contributed by atoms with van der Waals surface area (Å²) < 4.78 is 12.7. The Balaban J connectivity index is 1.24. The third kappa shape index (κ3) is 3.82. The molecule has 1 aliphatic carbocycles. The minimum atomic E-state index is 0.116. The number of nitrogens with one attached hydrogen (secondary N) is 2. The number of rotatable bonds is 6. The Morgan fingerprint density at radius 2 is 1.97 bits per heavy atom. The molecule has 2 unspecified atom stereocenters.